The lowest BCUT2D eigenvalue weighted by Crippen LogP contribution is -2.56. The minimum absolute atomic E-state index is 0.432. The molecule has 17 aliphatic rings. The fourth-order valence-corrected chi connectivity index (χ4v) is 22.7. The summed E-state index contributed by atoms with van der Waals surface area (Å²) in [5, 5.41) is 0. The number of fused-ring (bicyclic) bond motifs is 1. The average Bonchev–Trinajstić information content (AvgIpc) is 3.94. The highest BCUT2D eigenvalue weighted by Gasteiger charge is 2.85. The van der Waals surface area contributed by atoms with Crippen molar-refractivity contribution in [2.75, 3.05) is 46.6 Å². The first kappa shape index (κ1) is 25.5. The standard InChI is InChI=1S/C46H51NO2/c1-48-4-5-49-3-2-47-14-24-23-12-21-10-18-8-19-7-16-6-17-9-20-11-22-13-46(24,15-47)45-31(22)36-30(20)35-26(17)25(16)33-29(19)34-27(18)28(21)37-32(23)44(45)43-41(36)39(35)38(33)40(34)42(37)43/h7,11,16-18,22,24-27,29-31,33-43H,2-6,8-10,12-15H2,1H3. The largest absolute Gasteiger partial charge is 0.382 e. The van der Waals surface area contributed by atoms with Crippen LogP contribution in [0.3, 0.4) is 0 Å². The van der Waals surface area contributed by atoms with Crippen molar-refractivity contribution in [1.29, 1.82) is 0 Å². The van der Waals surface area contributed by atoms with Gasteiger partial charge >= 0.3 is 0 Å². The monoisotopic (exact) mass is 649 g/mol. The fourth-order valence-electron chi connectivity index (χ4n) is 22.7. The van der Waals surface area contributed by atoms with Crippen molar-refractivity contribution in [1.82, 2.24) is 4.90 Å². The van der Waals surface area contributed by atoms with Crippen molar-refractivity contribution in [2.45, 2.75) is 38.5 Å². The zero-order chi connectivity index (χ0) is 30.7. The summed E-state index contributed by atoms with van der Waals surface area (Å²) in [5.74, 6) is 22.1. The van der Waals surface area contributed by atoms with Gasteiger partial charge in [0.05, 0.1) is 19.8 Å². The Morgan fingerprint density at radius 3 is 2.43 bits per heavy atom. The smallest absolute Gasteiger partial charge is 0.0700 e. The number of likely N-dealkylation sites (tertiary alicyclic amines) is 1. The molecule has 0 N–H and O–H groups in total. The fraction of sp³-hybridized carbons (Fsp3) is 0.783. The molecule has 49 heavy (non-hydrogen) atoms. The summed E-state index contributed by atoms with van der Waals surface area (Å²) in [4.78, 5) is 2.93. The minimum Gasteiger partial charge on any atom is -0.382 e. The van der Waals surface area contributed by atoms with E-state index in [1.807, 2.05) is 5.57 Å². The Balaban J connectivity index is 0.950. The molecule has 16 aliphatic carbocycles. The summed E-state index contributed by atoms with van der Waals surface area (Å²) in [6.07, 6.45) is 15.2. The van der Waals surface area contributed by atoms with E-state index in [9.17, 15) is 0 Å². The van der Waals surface area contributed by atoms with E-state index in [1.165, 1.54) is 45.2 Å². The van der Waals surface area contributed by atoms with Gasteiger partial charge in [0.1, 0.15) is 0 Å². The zero-order valence-electron chi connectivity index (χ0n) is 29.1. The van der Waals surface area contributed by atoms with Crippen molar-refractivity contribution in [3.8, 4) is 0 Å². The summed E-state index contributed by atoms with van der Waals surface area (Å²) >= 11 is 0. The van der Waals surface area contributed by atoms with Gasteiger partial charge in [-0.2, -0.15) is 0 Å². The van der Waals surface area contributed by atoms with E-state index < -0.39 is 0 Å². The van der Waals surface area contributed by atoms with E-state index >= 15 is 0 Å². The van der Waals surface area contributed by atoms with Crippen LogP contribution in [0, 0.1) is 136 Å². The maximum atomic E-state index is 6.16. The van der Waals surface area contributed by atoms with Crippen molar-refractivity contribution in [3.05, 3.63) is 56.7 Å². The number of hydrogen-bond donors (Lipinski definition) is 0. The third-order valence-electron chi connectivity index (χ3n) is 22.0. The van der Waals surface area contributed by atoms with Crippen molar-refractivity contribution in [3.63, 3.8) is 0 Å². The maximum Gasteiger partial charge on any atom is 0.0700 e. The molecule has 23 unspecified atom stereocenters. The number of hydrogen-bond acceptors (Lipinski definition) is 3. The van der Waals surface area contributed by atoms with Crippen LogP contribution in [0.5, 0.6) is 0 Å². The van der Waals surface area contributed by atoms with E-state index in [0.29, 0.717) is 5.41 Å². The summed E-state index contributed by atoms with van der Waals surface area (Å²) in [6.45, 7) is 6.10. The van der Waals surface area contributed by atoms with Gasteiger partial charge in [0, 0.05) is 44.0 Å². The van der Waals surface area contributed by atoms with Gasteiger partial charge in [-0.25, -0.2) is 0 Å². The van der Waals surface area contributed by atoms with Crippen LogP contribution in [-0.2, 0) is 9.47 Å². The van der Waals surface area contributed by atoms with Gasteiger partial charge in [0.15, 0.2) is 0 Å². The number of ether oxygens (including phenoxy) is 2. The van der Waals surface area contributed by atoms with Crippen molar-refractivity contribution in [2.24, 2.45) is 136 Å². The molecule has 0 aromatic rings. The van der Waals surface area contributed by atoms with Gasteiger partial charge in [0.25, 0.3) is 0 Å². The first-order chi connectivity index (χ1) is 24.2. The van der Waals surface area contributed by atoms with Gasteiger partial charge in [-0.05, 0) is 168 Å². The predicted octanol–water partition coefficient (Wildman–Crippen LogP) is 6.81. The Labute approximate surface area is 291 Å². The second kappa shape index (κ2) is 7.50. The van der Waals surface area contributed by atoms with Gasteiger partial charge in [-0.1, -0.05) is 45.6 Å². The molecule has 1 heterocycles. The van der Waals surface area contributed by atoms with Crippen LogP contribution >= 0.6 is 0 Å². The molecule has 252 valence electrons. The molecule has 17 rings (SSSR count). The second-order valence-electron chi connectivity index (χ2n) is 21.9. The molecule has 3 nitrogen and oxygen atoms in total. The molecular weight excluding hydrogens is 599 g/mol. The van der Waals surface area contributed by atoms with E-state index in [1.54, 1.807) is 13.5 Å². The predicted molar refractivity (Wildman–Crippen MR) is 183 cm³/mol. The van der Waals surface area contributed by atoms with Crippen LogP contribution in [0.2, 0.25) is 0 Å². The molecule has 1 spiro atoms. The molecule has 23 atom stereocenters. The van der Waals surface area contributed by atoms with Gasteiger partial charge in [0.2, 0.25) is 0 Å². The summed E-state index contributed by atoms with van der Waals surface area (Å²) in [5.41, 5.74) is 17.3. The van der Waals surface area contributed by atoms with Crippen LogP contribution < -0.4 is 0 Å². The summed E-state index contributed by atoms with van der Waals surface area (Å²) in [7, 11) is 1.80. The normalized spacial score (nSPS) is 65.5. The molecule has 1 aliphatic heterocycles. The molecule has 11 fully saturated rings. The molecule has 0 amide bonds. The minimum atomic E-state index is 0.432. The highest BCUT2D eigenvalue weighted by Crippen LogP contribution is 2.90. The van der Waals surface area contributed by atoms with E-state index in [4.69, 9.17) is 9.47 Å². The third kappa shape index (κ3) is 2.23. The number of nitrogens with zero attached hydrogens (tertiary/aromatic N) is 1. The van der Waals surface area contributed by atoms with E-state index in [0.717, 1.165) is 157 Å². The summed E-state index contributed by atoms with van der Waals surface area (Å²) < 4.78 is 11.5. The van der Waals surface area contributed by atoms with Gasteiger partial charge in [-0.3, -0.25) is 4.90 Å². The van der Waals surface area contributed by atoms with Crippen LogP contribution in [-0.4, -0.2) is 51.5 Å². The topological polar surface area (TPSA) is 21.7 Å². The van der Waals surface area contributed by atoms with Crippen molar-refractivity contribution >= 4 is 0 Å². The first-order valence-electron chi connectivity index (χ1n) is 21.6. The molecule has 0 aromatic heterocycles. The average molecular weight is 650 g/mol. The molecule has 1 saturated heterocycles. The van der Waals surface area contributed by atoms with Gasteiger partial charge in [-0.15, -0.1) is 0 Å². The molecule has 0 bridgehead atoms. The van der Waals surface area contributed by atoms with Crippen molar-refractivity contribution < 1.29 is 9.47 Å². The molecular formula is C46H51NO2. The van der Waals surface area contributed by atoms with Crippen LogP contribution in [0.1, 0.15) is 38.5 Å². The van der Waals surface area contributed by atoms with Crippen LogP contribution in [0.4, 0.5) is 0 Å². The third-order valence-corrected chi connectivity index (χ3v) is 22.0. The molecule has 3 heteroatoms. The second-order valence-corrected chi connectivity index (χ2v) is 21.9. The lowest BCUT2D eigenvalue weighted by Gasteiger charge is -2.60. The SMILES string of the molecule is COCCOCCN1CC2C3=C4C5=C6C7C(C=C8CC9CC%10C=C%11CC%12CC(=C%13C4C4C5C5C7C8C7C9C%10C8C%11C(C%13%12)C4C8C57)C3)CC62C1. The molecule has 0 aromatic carbocycles. The maximum absolute atomic E-state index is 6.16. The van der Waals surface area contributed by atoms with Gasteiger partial charge < -0.3 is 9.47 Å². The first-order valence-corrected chi connectivity index (χ1v) is 21.6. The lowest BCUT2D eigenvalue weighted by atomic mass is 9.44. The quantitative estimate of drug-likeness (QED) is 0.233. The molecule has 0 radical (unpaired) electrons. The van der Waals surface area contributed by atoms with Crippen LogP contribution in [0.25, 0.3) is 0 Å². The highest BCUT2D eigenvalue weighted by atomic mass is 16.5. The highest BCUT2D eigenvalue weighted by molar-refractivity contribution is 5.67. The number of rotatable bonds is 6. The van der Waals surface area contributed by atoms with E-state index in [-0.39, 0.29) is 0 Å². The Morgan fingerprint density at radius 2 is 1.51 bits per heavy atom. The Morgan fingerprint density at radius 1 is 0.714 bits per heavy atom. The Bertz CT molecular complexity index is 1940. The number of allylic oxidation sites excluding steroid dienone is 8. The summed E-state index contributed by atoms with van der Waals surface area (Å²) in [6, 6.07) is 0. The van der Waals surface area contributed by atoms with Crippen LogP contribution in [0.15, 0.2) is 56.7 Å². The molecule has 10 saturated carbocycles. The number of methoxy groups -OCH3 is 1. The van der Waals surface area contributed by atoms with E-state index in [2.05, 4.69) is 56.1 Å². The zero-order valence-corrected chi connectivity index (χ0v) is 29.1. The Hall–Kier alpha value is -1.42. The Kier molecular flexibility index (Phi) is 3.91. The lowest BCUT2D eigenvalue weighted by molar-refractivity contribution is -0.108.